The Hall–Kier alpha value is -2.34. The van der Waals surface area contributed by atoms with Crippen molar-refractivity contribution in [3.63, 3.8) is 0 Å². The number of carbonyl (C=O) groups excluding carboxylic acids is 1. The number of hydrogen-bond donors (Lipinski definition) is 3. The number of nitrogens with one attached hydrogen (secondary N) is 1. The first kappa shape index (κ1) is 16.0. The lowest BCUT2D eigenvalue weighted by Gasteiger charge is -2.25. The average Bonchev–Trinajstić information content (AvgIpc) is 2.86. The van der Waals surface area contributed by atoms with Gasteiger partial charge in [-0.05, 0) is 17.5 Å². The van der Waals surface area contributed by atoms with Crippen LogP contribution in [0.4, 0.5) is 0 Å². The van der Waals surface area contributed by atoms with Gasteiger partial charge in [0.15, 0.2) is 11.4 Å². The van der Waals surface area contributed by atoms with Crippen LogP contribution in [0.2, 0.25) is 0 Å². The van der Waals surface area contributed by atoms with Crippen molar-refractivity contribution in [1.29, 1.82) is 0 Å². The molecule has 1 aromatic heterocycles. The Morgan fingerprint density at radius 3 is 2.55 bits per heavy atom. The number of aliphatic hydroxyl groups excluding tert-OH is 1. The Balaban J connectivity index is 2.10. The van der Waals surface area contributed by atoms with E-state index in [1.807, 2.05) is 51.1 Å². The van der Waals surface area contributed by atoms with Crippen LogP contribution >= 0.6 is 0 Å². The quantitative estimate of drug-likeness (QED) is 0.802. The van der Waals surface area contributed by atoms with E-state index in [4.69, 9.17) is 0 Å². The Bertz CT molecular complexity index is 644. The van der Waals surface area contributed by atoms with Gasteiger partial charge in [0.1, 0.15) is 0 Å². The Morgan fingerprint density at radius 1 is 1.32 bits per heavy atom. The zero-order valence-electron chi connectivity index (χ0n) is 12.9. The van der Waals surface area contributed by atoms with E-state index in [0.717, 1.165) is 5.69 Å². The number of para-hydroxylation sites is 1. The molecule has 0 aliphatic rings. The molecule has 0 radical (unpaired) electrons. The summed E-state index contributed by atoms with van der Waals surface area (Å²) >= 11 is 0. The van der Waals surface area contributed by atoms with Crippen molar-refractivity contribution >= 4 is 5.91 Å². The fourth-order valence-electron chi connectivity index (χ4n) is 1.82. The van der Waals surface area contributed by atoms with Gasteiger partial charge in [-0.25, -0.2) is 4.68 Å². The van der Waals surface area contributed by atoms with Crippen molar-refractivity contribution in [1.82, 2.24) is 15.1 Å². The molecule has 1 atom stereocenters. The van der Waals surface area contributed by atoms with Crippen LogP contribution < -0.4 is 5.32 Å². The van der Waals surface area contributed by atoms with Crippen molar-refractivity contribution in [2.24, 2.45) is 5.41 Å². The molecule has 22 heavy (non-hydrogen) atoms. The predicted octanol–water partition coefficient (Wildman–Crippen LogP) is 1.71. The van der Waals surface area contributed by atoms with E-state index in [2.05, 4.69) is 10.4 Å². The summed E-state index contributed by atoms with van der Waals surface area (Å²) in [5.74, 6) is -0.720. The summed E-state index contributed by atoms with van der Waals surface area (Å²) in [6.07, 6.45) is 0.694. The fourth-order valence-corrected chi connectivity index (χ4v) is 1.82. The van der Waals surface area contributed by atoms with Crippen LogP contribution in [0.15, 0.2) is 36.5 Å². The molecule has 0 spiro atoms. The van der Waals surface area contributed by atoms with Crippen LogP contribution in [-0.4, -0.2) is 38.5 Å². The standard InChI is InChI=1S/C16H21N3O3/c1-16(2,3)13(21)9-17-15(22)14-12(20)10-19(18-14)11-7-5-4-6-8-11/h4-8,10,13,20-21H,9H2,1-3H3,(H,17,22). The predicted molar refractivity (Wildman–Crippen MR) is 83.0 cm³/mol. The fraction of sp³-hybridized carbons (Fsp3) is 0.375. The zero-order chi connectivity index (χ0) is 16.3. The van der Waals surface area contributed by atoms with E-state index in [1.165, 1.54) is 10.9 Å². The van der Waals surface area contributed by atoms with E-state index in [9.17, 15) is 15.0 Å². The summed E-state index contributed by atoms with van der Waals surface area (Å²) in [7, 11) is 0. The Morgan fingerprint density at radius 2 is 1.95 bits per heavy atom. The van der Waals surface area contributed by atoms with Crippen molar-refractivity contribution in [2.75, 3.05) is 6.54 Å². The minimum absolute atomic E-state index is 0.0648. The van der Waals surface area contributed by atoms with Crippen LogP contribution in [0.1, 0.15) is 31.3 Å². The molecule has 0 saturated carbocycles. The van der Waals surface area contributed by atoms with Gasteiger partial charge in [-0.1, -0.05) is 39.0 Å². The molecule has 0 aliphatic heterocycles. The highest BCUT2D eigenvalue weighted by Crippen LogP contribution is 2.20. The lowest BCUT2D eigenvalue weighted by atomic mass is 9.89. The molecule has 0 bridgehead atoms. The number of aromatic nitrogens is 2. The highest BCUT2D eigenvalue weighted by atomic mass is 16.3. The molecule has 0 aliphatic carbocycles. The summed E-state index contributed by atoms with van der Waals surface area (Å²) in [4.78, 5) is 12.1. The van der Waals surface area contributed by atoms with Gasteiger partial charge >= 0.3 is 0 Å². The van der Waals surface area contributed by atoms with Gasteiger partial charge in [0, 0.05) is 6.54 Å². The topological polar surface area (TPSA) is 87.4 Å². The lowest BCUT2D eigenvalue weighted by molar-refractivity contribution is 0.0584. The zero-order valence-corrected chi connectivity index (χ0v) is 12.9. The minimum atomic E-state index is -0.685. The van der Waals surface area contributed by atoms with Crippen LogP contribution in [-0.2, 0) is 0 Å². The number of aromatic hydroxyl groups is 1. The number of aliphatic hydroxyl groups is 1. The van der Waals surface area contributed by atoms with Crippen molar-refractivity contribution in [3.8, 4) is 11.4 Å². The average molecular weight is 303 g/mol. The van der Waals surface area contributed by atoms with Crippen LogP contribution in [0.5, 0.6) is 5.75 Å². The van der Waals surface area contributed by atoms with E-state index < -0.39 is 12.0 Å². The maximum Gasteiger partial charge on any atom is 0.275 e. The molecule has 1 unspecified atom stereocenters. The van der Waals surface area contributed by atoms with Gasteiger partial charge < -0.3 is 15.5 Å². The van der Waals surface area contributed by atoms with E-state index in [-0.39, 0.29) is 23.4 Å². The van der Waals surface area contributed by atoms with Gasteiger partial charge in [-0.3, -0.25) is 4.79 Å². The molecule has 1 heterocycles. The number of rotatable bonds is 4. The molecule has 3 N–H and O–H groups in total. The van der Waals surface area contributed by atoms with Crippen molar-refractivity contribution in [2.45, 2.75) is 26.9 Å². The van der Waals surface area contributed by atoms with Crippen LogP contribution in [0.3, 0.4) is 0 Å². The summed E-state index contributed by atoms with van der Waals surface area (Å²) in [6.45, 7) is 5.74. The van der Waals surface area contributed by atoms with Gasteiger partial charge in [-0.15, -0.1) is 0 Å². The second-order valence-electron chi connectivity index (χ2n) is 6.23. The van der Waals surface area contributed by atoms with Gasteiger partial charge in [0.2, 0.25) is 0 Å². The van der Waals surface area contributed by atoms with Gasteiger partial charge in [0.05, 0.1) is 18.0 Å². The van der Waals surface area contributed by atoms with Gasteiger partial charge in [-0.2, -0.15) is 5.10 Å². The highest BCUT2D eigenvalue weighted by Gasteiger charge is 2.24. The van der Waals surface area contributed by atoms with E-state index >= 15 is 0 Å². The second-order valence-corrected chi connectivity index (χ2v) is 6.23. The first-order chi connectivity index (χ1) is 10.3. The molecular formula is C16H21N3O3. The van der Waals surface area contributed by atoms with E-state index in [1.54, 1.807) is 0 Å². The van der Waals surface area contributed by atoms with Crippen LogP contribution in [0, 0.1) is 5.41 Å². The molecule has 2 aromatic rings. The number of nitrogens with zero attached hydrogens (tertiary/aromatic N) is 2. The summed E-state index contributed by atoms with van der Waals surface area (Å²) in [6, 6.07) is 9.18. The first-order valence-electron chi connectivity index (χ1n) is 7.09. The first-order valence-corrected chi connectivity index (χ1v) is 7.09. The number of hydrogen-bond acceptors (Lipinski definition) is 4. The Kier molecular flexibility index (Phi) is 4.51. The molecule has 6 heteroatoms. The molecule has 0 fully saturated rings. The third-order valence-electron chi connectivity index (χ3n) is 3.39. The summed E-state index contributed by atoms with van der Waals surface area (Å²) in [5.41, 5.74) is 0.343. The third kappa shape index (κ3) is 3.65. The summed E-state index contributed by atoms with van der Waals surface area (Å²) in [5, 5.41) is 26.5. The molecule has 1 amide bonds. The molecule has 6 nitrogen and oxygen atoms in total. The van der Waals surface area contributed by atoms with Crippen LogP contribution in [0.25, 0.3) is 5.69 Å². The molecule has 118 valence electrons. The summed E-state index contributed by atoms with van der Waals surface area (Å²) < 4.78 is 1.43. The van der Waals surface area contributed by atoms with Crippen molar-refractivity contribution in [3.05, 3.63) is 42.2 Å². The number of carbonyl (C=O) groups is 1. The maximum atomic E-state index is 12.1. The molecule has 2 rings (SSSR count). The second kappa shape index (κ2) is 6.19. The maximum absolute atomic E-state index is 12.1. The monoisotopic (exact) mass is 303 g/mol. The lowest BCUT2D eigenvalue weighted by Crippen LogP contribution is -2.39. The largest absolute Gasteiger partial charge is 0.504 e. The molecule has 1 aromatic carbocycles. The Labute approximate surface area is 129 Å². The number of amides is 1. The SMILES string of the molecule is CC(C)(C)C(O)CNC(=O)c1nn(-c2ccccc2)cc1O. The van der Waals surface area contributed by atoms with Crippen molar-refractivity contribution < 1.29 is 15.0 Å². The number of benzene rings is 1. The molecular weight excluding hydrogens is 282 g/mol. The third-order valence-corrected chi connectivity index (χ3v) is 3.39. The smallest absolute Gasteiger partial charge is 0.275 e. The highest BCUT2D eigenvalue weighted by molar-refractivity contribution is 5.94. The molecule has 0 saturated heterocycles. The van der Waals surface area contributed by atoms with E-state index in [0.29, 0.717) is 0 Å². The van der Waals surface area contributed by atoms with Gasteiger partial charge in [0.25, 0.3) is 5.91 Å². The normalized spacial score (nSPS) is 12.9. The minimum Gasteiger partial charge on any atom is -0.504 e.